The maximum Gasteiger partial charge on any atom is 0.200 e. The van der Waals surface area contributed by atoms with Crippen LogP contribution in [-0.4, -0.2) is 17.1 Å². The van der Waals surface area contributed by atoms with E-state index in [1.54, 1.807) is 31.4 Å². The molecule has 0 aromatic heterocycles. The summed E-state index contributed by atoms with van der Waals surface area (Å²) in [7, 11) is -3.25. The van der Waals surface area contributed by atoms with E-state index in [1.165, 1.54) is 0 Å². The van der Waals surface area contributed by atoms with E-state index in [0.717, 1.165) is 21.9 Å². The van der Waals surface area contributed by atoms with Gasteiger partial charge in [-0.2, -0.15) is 14.0 Å². The standard InChI is InChI=1S/C16H14ClNO5S2/c1-11-3-5-12(6-4-11)15-18-16(25(24-15)23-17(19,20)21)13-7-9-14(22-2)10-8-13/h3-10H,1-2H3. The van der Waals surface area contributed by atoms with Crippen LogP contribution in [0.25, 0.3) is 0 Å². The molecule has 0 N–H and O–H groups in total. The van der Waals surface area contributed by atoms with Crippen LogP contribution in [0.1, 0.15) is 16.7 Å². The predicted molar refractivity (Wildman–Crippen MR) is 91.1 cm³/mol. The van der Waals surface area contributed by atoms with Gasteiger partial charge in [0.05, 0.1) is 17.4 Å². The Morgan fingerprint density at radius 1 is 0.960 bits per heavy atom. The molecule has 1 heterocycles. The van der Waals surface area contributed by atoms with Gasteiger partial charge < -0.3 is 4.74 Å². The zero-order valence-corrected chi connectivity index (χ0v) is 15.7. The topological polar surface area (TPSA) is 100 Å². The minimum absolute atomic E-state index is 0.398. The zero-order valence-electron chi connectivity index (χ0n) is 13.3. The summed E-state index contributed by atoms with van der Waals surface area (Å²) in [5.41, 5.74) is 2.60. The molecule has 1 aliphatic heterocycles. The molecule has 0 saturated heterocycles. The van der Waals surface area contributed by atoms with Crippen LogP contribution in [0.15, 0.2) is 53.5 Å². The first-order chi connectivity index (χ1) is 11.9. The van der Waals surface area contributed by atoms with Gasteiger partial charge in [0, 0.05) is 21.9 Å². The number of methoxy groups -OCH3 is 1. The van der Waals surface area contributed by atoms with Gasteiger partial charge in [-0.3, -0.25) is 0 Å². The minimum Gasteiger partial charge on any atom is -0.497 e. The Hall–Kier alpha value is -1.39. The highest BCUT2D eigenvalue weighted by Gasteiger charge is 2.33. The second-order valence-electron chi connectivity index (χ2n) is 5.08. The van der Waals surface area contributed by atoms with E-state index in [-0.39, 0.29) is 0 Å². The molecule has 2 aromatic carbocycles. The quantitative estimate of drug-likeness (QED) is 0.541. The second-order valence-corrected chi connectivity index (χ2v) is 9.15. The van der Waals surface area contributed by atoms with Crippen molar-refractivity contribution in [2.24, 2.45) is 4.99 Å². The van der Waals surface area contributed by atoms with Crippen molar-refractivity contribution in [1.29, 1.82) is 0 Å². The summed E-state index contributed by atoms with van der Waals surface area (Å²) in [5, 5.41) is 0.605. The lowest BCUT2D eigenvalue weighted by atomic mass is 10.1. The monoisotopic (exact) mass is 399 g/mol. The molecule has 3 rings (SSSR count). The number of nitrogens with zero attached hydrogens (tertiary/aromatic N) is 1. The first-order valence-electron chi connectivity index (χ1n) is 7.06. The third kappa shape index (κ3) is 4.62. The molecule has 132 valence electrons. The third-order valence-corrected chi connectivity index (χ3v) is 7.50. The first-order valence-corrected chi connectivity index (χ1v) is 10.8. The SMILES string of the molecule is COc1ccc(C2=S(O[Cl+3]([O-])([O-])[O-])SC(c3ccc(C)cc3)=N2)cc1. The van der Waals surface area contributed by atoms with Crippen LogP contribution >= 0.6 is 20.6 Å². The normalized spacial score (nSPS) is 17.6. The zero-order chi connectivity index (χ0) is 18.0. The molecule has 0 spiro atoms. The van der Waals surface area contributed by atoms with Gasteiger partial charge in [0.2, 0.25) is 9.80 Å². The van der Waals surface area contributed by atoms with Gasteiger partial charge in [-0.05, 0) is 31.2 Å². The lowest BCUT2D eigenvalue weighted by Crippen LogP contribution is -2.60. The number of hydrogen-bond donors (Lipinski definition) is 0. The summed E-state index contributed by atoms with van der Waals surface area (Å²) < 4.78 is 43.0. The van der Waals surface area contributed by atoms with Crippen molar-refractivity contribution in [3.8, 4) is 5.75 Å². The number of aliphatic imine (C=N–C) groups is 1. The Labute approximate surface area is 153 Å². The van der Waals surface area contributed by atoms with E-state index in [4.69, 9.17) is 8.47 Å². The Morgan fingerprint density at radius 3 is 2.12 bits per heavy atom. The van der Waals surface area contributed by atoms with Crippen molar-refractivity contribution in [1.82, 2.24) is 0 Å². The molecule has 1 aliphatic rings. The van der Waals surface area contributed by atoms with E-state index < -0.39 is 20.0 Å². The van der Waals surface area contributed by atoms with Crippen LogP contribution < -0.4 is 18.7 Å². The molecule has 6 nitrogen and oxygen atoms in total. The largest absolute Gasteiger partial charge is 0.497 e. The Balaban J connectivity index is 1.98. The third-order valence-electron chi connectivity index (χ3n) is 3.29. The summed E-state index contributed by atoms with van der Waals surface area (Å²) in [6.45, 7) is 1.97. The summed E-state index contributed by atoms with van der Waals surface area (Å²) in [6.07, 6.45) is 0. The van der Waals surface area contributed by atoms with Crippen LogP contribution in [-0.2, 0) is 3.74 Å². The van der Waals surface area contributed by atoms with Crippen LogP contribution in [0.2, 0.25) is 0 Å². The van der Waals surface area contributed by atoms with Gasteiger partial charge in [0.15, 0.2) is 0 Å². The summed E-state index contributed by atoms with van der Waals surface area (Å²) in [5.74, 6) is 0.660. The van der Waals surface area contributed by atoms with Crippen molar-refractivity contribution in [3.63, 3.8) is 0 Å². The maximum absolute atomic E-state index is 11.1. The fraction of sp³-hybridized carbons (Fsp3) is 0.125. The average molecular weight is 400 g/mol. The summed E-state index contributed by atoms with van der Waals surface area (Å²) >= 11 is 0. The number of benzene rings is 2. The Morgan fingerprint density at radius 2 is 1.56 bits per heavy atom. The van der Waals surface area contributed by atoms with Crippen molar-refractivity contribution in [2.45, 2.75) is 6.92 Å². The molecule has 0 saturated carbocycles. The van der Waals surface area contributed by atoms with Crippen molar-refractivity contribution >= 4 is 30.6 Å². The van der Waals surface area contributed by atoms with Crippen LogP contribution in [0.3, 0.4) is 0 Å². The van der Waals surface area contributed by atoms with E-state index in [9.17, 15) is 14.0 Å². The van der Waals surface area contributed by atoms with Gasteiger partial charge >= 0.3 is 0 Å². The van der Waals surface area contributed by atoms with Crippen molar-refractivity contribution in [3.05, 3.63) is 65.2 Å². The Bertz CT molecular complexity index is 829. The second kappa shape index (κ2) is 7.46. The molecule has 0 aliphatic carbocycles. The molecule has 0 fully saturated rings. The van der Waals surface area contributed by atoms with Crippen molar-refractivity contribution in [2.75, 3.05) is 7.11 Å². The lowest BCUT2D eigenvalue weighted by Gasteiger charge is -2.12. The smallest absolute Gasteiger partial charge is 0.200 e. The molecule has 0 amide bonds. The molecular weight excluding hydrogens is 386 g/mol. The van der Waals surface area contributed by atoms with E-state index in [0.29, 0.717) is 21.3 Å². The van der Waals surface area contributed by atoms with E-state index in [1.807, 2.05) is 31.2 Å². The molecule has 0 radical (unpaired) electrons. The number of hydrogen-bond acceptors (Lipinski definition) is 7. The molecule has 2 aromatic rings. The van der Waals surface area contributed by atoms with Crippen molar-refractivity contribution < 1.29 is 32.7 Å². The molecule has 9 heteroatoms. The molecule has 1 atom stereocenters. The van der Waals surface area contributed by atoms with Gasteiger partial charge in [-0.15, -0.1) is 0 Å². The maximum atomic E-state index is 11.1. The predicted octanol–water partition coefficient (Wildman–Crippen LogP) is 0.688. The highest BCUT2D eigenvalue weighted by molar-refractivity contribution is 8.87. The van der Waals surface area contributed by atoms with Crippen LogP contribution in [0.5, 0.6) is 5.75 Å². The summed E-state index contributed by atoms with van der Waals surface area (Å²) in [4.78, 5) is 4.91. The fourth-order valence-electron chi connectivity index (χ4n) is 2.08. The summed E-state index contributed by atoms with van der Waals surface area (Å²) in [6, 6.07) is 14.6. The number of aryl methyl sites for hydroxylation is 1. The highest BCUT2D eigenvalue weighted by Crippen LogP contribution is 2.45. The molecule has 0 bridgehead atoms. The number of ether oxygens (including phenoxy) is 1. The number of rotatable bonds is 5. The Kier molecular flexibility index (Phi) is 5.49. The van der Waals surface area contributed by atoms with Crippen LogP contribution in [0, 0.1) is 17.2 Å². The first kappa shape index (κ1) is 18.4. The average Bonchev–Trinajstić information content (AvgIpc) is 2.97. The molecule has 1 unspecified atom stereocenters. The molecular formula is C16H14ClNO5S2. The number of halogens is 1. The lowest BCUT2D eigenvalue weighted by molar-refractivity contribution is -1.91. The van der Waals surface area contributed by atoms with Gasteiger partial charge in [0.1, 0.15) is 19.5 Å². The van der Waals surface area contributed by atoms with Gasteiger partial charge in [-0.1, -0.05) is 29.8 Å². The van der Waals surface area contributed by atoms with Crippen LogP contribution in [0.4, 0.5) is 0 Å². The van der Waals surface area contributed by atoms with E-state index >= 15 is 0 Å². The fourth-order valence-corrected chi connectivity index (χ4v) is 6.38. The van der Waals surface area contributed by atoms with E-state index in [2.05, 4.69) is 4.99 Å². The minimum atomic E-state index is -4.56. The van der Waals surface area contributed by atoms with Gasteiger partial charge in [0.25, 0.3) is 0 Å². The highest BCUT2D eigenvalue weighted by atomic mass is 35.7. The molecule has 25 heavy (non-hydrogen) atoms. The van der Waals surface area contributed by atoms with Gasteiger partial charge in [-0.25, -0.2) is 4.99 Å².